The van der Waals surface area contributed by atoms with Crippen LogP contribution in [0, 0.1) is 0 Å². The molecule has 0 unspecified atom stereocenters. The van der Waals surface area contributed by atoms with Crippen molar-refractivity contribution in [2.75, 3.05) is 0 Å². The van der Waals surface area contributed by atoms with Crippen LogP contribution in [-0.4, -0.2) is 53.3 Å². The average Bonchev–Trinajstić information content (AvgIpc) is 2.89. The number of hydrogen-bond acceptors (Lipinski definition) is 3. The summed E-state index contributed by atoms with van der Waals surface area (Å²) in [6, 6.07) is 0. The molecule has 3 nitrogen and oxygen atoms in total. The fourth-order valence-corrected chi connectivity index (χ4v) is 35.9. The fraction of sp³-hybridized carbons (Fsp3) is 0.944. The molecule has 0 amide bonds. The van der Waals surface area contributed by atoms with E-state index < -0.39 is 35.0 Å². The van der Waals surface area contributed by atoms with Crippen LogP contribution in [0.4, 0.5) is 0 Å². The van der Waals surface area contributed by atoms with Crippen LogP contribution in [0.3, 0.4) is 0 Å². The van der Waals surface area contributed by atoms with Crippen molar-refractivity contribution >= 4 is 35.0 Å². The molecule has 42 heavy (non-hydrogen) atoms. The van der Waals surface area contributed by atoms with E-state index in [1.54, 1.807) is 0 Å². The molecule has 1 heterocycles. The molecule has 0 aromatic heterocycles. The standard InChI is InChI=1S/C24H49O3Si2.3C4H9.Sn/c1-16(2)28(17(3)4,18(5)6)26-23-14-15-25-22(13)24(23)27-29(19(7)8,20(9)10)21(11)12;3*1-3-4-2;/h14,16-24H,1-13H3;3*1,3-4H2,2H3;/t22-,23-,24-;;;;/m0..../s1. The van der Waals surface area contributed by atoms with Crippen LogP contribution in [0.5, 0.6) is 0 Å². The molecule has 0 saturated heterocycles. The molecule has 6 heteroatoms. The number of ether oxygens (including phenoxy) is 1. The van der Waals surface area contributed by atoms with E-state index in [1.807, 2.05) is 0 Å². The molecule has 0 saturated carbocycles. The molecule has 1 aliphatic heterocycles. The summed E-state index contributed by atoms with van der Waals surface area (Å²) in [6.07, 6.45) is 10.4. The molecule has 0 fully saturated rings. The van der Waals surface area contributed by atoms with E-state index in [0.29, 0.717) is 33.2 Å². The van der Waals surface area contributed by atoms with Gasteiger partial charge in [0.2, 0.25) is 0 Å². The van der Waals surface area contributed by atoms with Gasteiger partial charge in [-0.2, -0.15) is 0 Å². The van der Waals surface area contributed by atoms with E-state index in [-0.39, 0.29) is 18.3 Å². The molecule has 1 aliphatic rings. The van der Waals surface area contributed by atoms with Crippen molar-refractivity contribution in [3.63, 3.8) is 0 Å². The van der Waals surface area contributed by atoms with Crippen LogP contribution in [-0.2, 0) is 13.6 Å². The van der Waals surface area contributed by atoms with Crippen LogP contribution in [0.25, 0.3) is 0 Å². The summed E-state index contributed by atoms with van der Waals surface area (Å²) < 4.78 is 28.4. The van der Waals surface area contributed by atoms with Crippen molar-refractivity contribution in [2.45, 2.75) is 214 Å². The minimum atomic E-state index is -2.81. The molecule has 1 rings (SSSR count). The van der Waals surface area contributed by atoms with E-state index in [0.717, 1.165) is 0 Å². The zero-order chi connectivity index (χ0) is 32.5. The quantitative estimate of drug-likeness (QED) is 0.117. The Labute approximate surface area is 271 Å². The van der Waals surface area contributed by atoms with Gasteiger partial charge in [0.15, 0.2) is 0 Å². The van der Waals surface area contributed by atoms with Gasteiger partial charge in [-0.1, -0.05) is 0 Å². The Morgan fingerprint density at radius 3 is 1.26 bits per heavy atom. The van der Waals surface area contributed by atoms with E-state index >= 15 is 0 Å². The molecular formula is C36H76O3Si2Sn. The van der Waals surface area contributed by atoms with Crippen LogP contribution in [0.1, 0.15) is 149 Å². The van der Waals surface area contributed by atoms with E-state index in [2.05, 4.69) is 117 Å². The molecule has 0 radical (unpaired) electrons. The molecular weight excluding hydrogens is 655 g/mol. The first-order valence-corrected chi connectivity index (χ1v) is 30.0. The van der Waals surface area contributed by atoms with Gasteiger partial charge in [0.1, 0.15) is 0 Å². The minimum absolute atomic E-state index is 0.00769. The summed E-state index contributed by atoms with van der Waals surface area (Å²) in [6.45, 7) is 38.5. The maximum absolute atomic E-state index is 7.78. The van der Waals surface area contributed by atoms with Crippen molar-refractivity contribution < 1.29 is 13.6 Å². The summed E-state index contributed by atoms with van der Waals surface area (Å²) >= 11 is -2.81. The second-order valence-corrected chi connectivity index (χ2v) is 39.6. The van der Waals surface area contributed by atoms with E-state index in [4.69, 9.17) is 13.6 Å². The molecule has 250 valence electrons. The molecule has 0 aromatic carbocycles. The van der Waals surface area contributed by atoms with Crippen LogP contribution in [0.2, 0.25) is 46.6 Å². The Kier molecular flexibility index (Phi) is 17.6. The third kappa shape index (κ3) is 9.15. The maximum atomic E-state index is 7.78. The monoisotopic (exact) mass is 732 g/mol. The first-order valence-electron chi connectivity index (χ1n) is 18.3. The van der Waals surface area contributed by atoms with Gasteiger partial charge in [-0.3, -0.25) is 0 Å². The van der Waals surface area contributed by atoms with E-state index in [1.165, 1.54) is 55.6 Å². The molecule has 3 atom stereocenters. The zero-order valence-corrected chi connectivity index (χ0v) is 36.2. The predicted octanol–water partition coefficient (Wildman–Crippen LogP) is 12.8. The van der Waals surface area contributed by atoms with Crippen LogP contribution < -0.4 is 0 Å². The summed E-state index contributed by atoms with van der Waals surface area (Å²) in [5.41, 5.74) is 3.25. The van der Waals surface area contributed by atoms with Crippen molar-refractivity contribution in [1.29, 1.82) is 0 Å². The van der Waals surface area contributed by atoms with Crippen molar-refractivity contribution in [3.05, 3.63) is 9.85 Å². The number of hydrogen-bond donors (Lipinski definition) is 0. The van der Waals surface area contributed by atoms with Gasteiger partial charge in [0.05, 0.1) is 0 Å². The Bertz CT molecular complexity index is 727. The summed E-state index contributed by atoms with van der Waals surface area (Å²) in [5, 5.41) is 0. The average molecular weight is 732 g/mol. The van der Waals surface area contributed by atoms with Crippen LogP contribution in [0.15, 0.2) is 9.85 Å². The molecule has 0 aromatic rings. The third-order valence-corrected chi connectivity index (χ3v) is 38.3. The Hall–Kier alpha value is 0.692. The number of rotatable bonds is 20. The summed E-state index contributed by atoms with van der Waals surface area (Å²) in [4.78, 5) is 0. The van der Waals surface area contributed by atoms with Gasteiger partial charge < -0.3 is 0 Å². The van der Waals surface area contributed by atoms with Crippen molar-refractivity contribution in [2.24, 2.45) is 0 Å². The second kappa shape index (κ2) is 18.1. The first-order chi connectivity index (χ1) is 19.5. The first kappa shape index (κ1) is 40.7. The Balaban J connectivity index is 3.97. The second-order valence-electron chi connectivity index (χ2n) is 15.7. The topological polar surface area (TPSA) is 27.7 Å². The predicted molar refractivity (Wildman–Crippen MR) is 195 cm³/mol. The number of unbranched alkanes of at least 4 members (excludes halogenated alkanes) is 3. The zero-order valence-electron chi connectivity index (χ0n) is 31.4. The van der Waals surface area contributed by atoms with Gasteiger partial charge in [-0.15, -0.1) is 0 Å². The van der Waals surface area contributed by atoms with Gasteiger partial charge in [-0.25, -0.2) is 0 Å². The van der Waals surface area contributed by atoms with Gasteiger partial charge in [0.25, 0.3) is 0 Å². The van der Waals surface area contributed by atoms with Crippen molar-refractivity contribution in [1.82, 2.24) is 0 Å². The molecule has 0 aliphatic carbocycles. The molecule has 0 spiro atoms. The third-order valence-electron chi connectivity index (χ3n) is 11.1. The SMILES string of the molecule is CCC[CH2][Sn]([CH2]CCC)([CH2]CCC)[C]1=C[C@H](O[Si](C(C)C)(C(C)C)C(C)C)[C@@H](O[Si](C(C)C)(C(C)C)C(C)C)[C@H](C)O1. The molecule has 0 bridgehead atoms. The van der Waals surface area contributed by atoms with Crippen molar-refractivity contribution in [3.8, 4) is 0 Å². The molecule has 0 N–H and O–H groups in total. The Morgan fingerprint density at radius 2 is 0.952 bits per heavy atom. The van der Waals surface area contributed by atoms with Gasteiger partial charge in [0, 0.05) is 0 Å². The van der Waals surface area contributed by atoms with E-state index in [9.17, 15) is 0 Å². The fourth-order valence-electron chi connectivity index (χ4n) is 8.96. The van der Waals surface area contributed by atoms with Gasteiger partial charge >= 0.3 is 273 Å². The Morgan fingerprint density at radius 1 is 0.619 bits per heavy atom. The van der Waals surface area contributed by atoms with Gasteiger partial charge in [-0.05, 0) is 0 Å². The summed E-state index contributed by atoms with van der Waals surface area (Å²) in [5.74, 6) is 0. The van der Waals surface area contributed by atoms with Crippen LogP contribution >= 0.6 is 0 Å². The normalized spacial score (nSPS) is 20.9. The summed E-state index contributed by atoms with van der Waals surface area (Å²) in [7, 11) is -4.29.